The first-order valence-corrected chi connectivity index (χ1v) is 7.24. The summed E-state index contributed by atoms with van der Waals surface area (Å²) in [6.07, 6.45) is 0. The van der Waals surface area contributed by atoms with E-state index in [4.69, 9.17) is 9.47 Å². The van der Waals surface area contributed by atoms with Crippen LogP contribution in [0, 0.1) is 0 Å². The van der Waals surface area contributed by atoms with E-state index >= 15 is 0 Å². The maximum absolute atomic E-state index is 11.8. The molecule has 0 saturated carbocycles. The third-order valence-corrected chi connectivity index (χ3v) is 2.83. The number of rotatable bonds is 7. The summed E-state index contributed by atoms with van der Waals surface area (Å²) in [4.78, 5) is 11.8. The Kier molecular flexibility index (Phi) is 6.11. The fourth-order valence-corrected chi connectivity index (χ4v) is 1.87. The van der Waals surface area contributed by atoms with E-state index in [1.165, 1.54) is 0 Å². The van der Waals surface area contributed by atoms with Crippen LogP contribution in [0.1, 0.15) is 6.92 Å². The van der Waals surface area contributed by atoms with Crippen molar-refractivity contribution in [2.75, 3.05) is 25.1 Å². The number of hydrogen-bond donors (Lipinski definition) is 2. The molecule has 0 aliphatic heterocycles. The van der Waals surface area contributed by atoms with Crippen LogP contribution in [-0.2, 0) is 0 Å². The molecule has 2 N–H and O–H groups in total. The molecule has 0 aliphatic carbocycles. The van der Waals surface area contributed by atoms with E-state index < -0.39 is 0 Å². The molecule has 5 heteroatoms. The predicted octanol–water partition coefficient (Wildman–Crippen LogP) is 3.29. The minimum Gasteiger partial charge on any atom is -0.492 e. The fourth-order valence-electron chi connectivity index (χ4n) is 1.87. The van der Waals surface area contributed by atoms with Gasteiger partial charge in [-0.15, -0.1) is 0 Å². The summed E-state index contributed by atoms with van der Waals surface area (Å²) in [5.74, 6) is 1.44. The standard InChI is InChI=1S/C17H20N2O3/c1-2-21-16-11-7-6-10-15(16)19-17(20)18-12-13-22-14-8-4-3-5-9-14/h3-11H,2,12-13H2,1H3,(H2,18,19,20). The van der Waals surface area contributed by atoms with Gasteiger partial charge in [-0.1, -0.05) is 30.3 Å². The highest BCUT2D eigenvalue weighted by Crippen LogP contribution is 2.23. The lowest BCUT2D eigenvalue weighted by molar-refractivity contribution is 0.247. The first-order valence-electron chi connectivity index (χ1n) is 7.24. The van der Waals surface area contributed by atoms with Crippen molar-refractivity contribution in [3.05, 3.63) is 54.6 Å². The van der Waals surface area contributed by atoms with Gasteiger partial charge < -0.3 is 20.1 Å². The number of hydrogen-bond acceptors (Lipinski definition) is 3. The molecule has 0 radical (unpaired) electrons. The van der Waals surface area contributed by atoms with Gasteiger partial charge in [-0.05, 0) is 31.2 Å². The van der Waals surface area contributed by atoms with Gasteiger partial charge in [0.25, 0.3) is 0 Å². The van der Waals surface area contributed by atoms with E-state index in [0.717, 1.165) is 5.75 Å². The molecule has 0 aromatic heterocycles. The summed E-state index contributed by atoms with van der Waals surface area (Å²) in [7, 11) is 0. The molecule has 2 aromatic carbocycles. The second-order valence-corrected chi connectivity index (χ2v) is 4.47. The van der Waals surface area contributed by atoms with Gasteiger partial charge in [0.05, 0.1) is 18.8 Å². The summed E-state index contributed by atoms with van der Waals surface area (Å²) in [5, 5.41) is 5.50. The number of carbonyl (C=O) groups excluding carboxylic acids is 1. The van der Waals surface area contributed by atoms with Gasteiger partial charge in [-0.2, -0.15) is 0 Å². The topological polar surface area (TPSA) is 59.6 Å². The summed E-state index contributed by atoms with van der Waals surface area (Å²) in [6.45, 7) is 3.27. The summed E-state index contributed by atoms with van der Waals surface area (Å²) in [6, 6.07) is 16.5. The van der Waals surface area contributed by atoms with Gasteiger partial charge in [0.1, 0.15) is 18.1 Å². The van der Waals surface area contributed by atoms with Crippen LogP contribution in [0.15, 0.2) is 54.6 Å². The van der Waals surface area contributed by atoms with Gasteiger partial charge in [-0.3, -0.25) is 0 Å². The first kappa shape index (κ1) is 15.7. The molecule has 2 amide bonds. The number of carbonyl (C=O) groups is 1. The number of urea groups is 1. The van der Waals surface area contributed by atoms with Gasteiger partial charge in [0.2, 0.25) is 0 Å². The first-order chi connectivity index (χ1) is 10.8. The number of amides is 2. The van der Waals surface area contributed by atoms with Gasteiger partial charge in [0.15, 0.2) is 0 Å². The number of para-hydroxylation sites is 3. The van der Waals surface area contributed by atoms with Crippen LogP contribution in [0.25, 0.3) is 0 Å². The lowest BCUT2D eigenvalue weighted by Crippen LogP contribution is -2.32. The maximum atomic E-state index is 11.8. The zero-order chi connectivity index (χ0) is 15.6. The average Bonchev–Trinajstić information content (AvgIpc) is 2.55. The molecule has 2 aromatic rings. The highest BCUT2D eigenvalue weighted by Gasteiger charge is 2.06. The second-order valence-electron chi connectivity index (χ2n) is 4.47. The molecule has 0 bridgehead atoms. The highest BCUT2D eigenvalue weighted by atomic mass is 16.5. The molecule has 0 unspecified atom stereocenters. The molecule has 22 heavy (non-hydrogen) atoms. The molecule has 0 spiro atoms. The van der Waals surface area contributed by atoms with Crippen LogP contribution in [0.2, 0.25) is 0 Å². The third-order valence-electron chi connectivity index (χ3n) is 2.83. The van der Waals surface area contributed by atoms with Crippen molar-refractivity contribution in [1.82, 2.24) is 5.32 Å². The summed E-state index contributed by atoms with van der Waals surface area (Å²) >= 11 is 0. The van der Waals surface area contributed by atoms with Crippen molar-refractivity contribution in [2.45, 2.75) is 6.92 Å². The summed E-state index contributed by atoms with van der Waals surface area (Å²) < 4.78 is 11.0. The number of anilines is 1. The van der Waals surface area contributed by atoms with Gasteiger partial charge >= 0.3 is 6.03 Å². The minimum atomic E-state index is -0.288. The average molecular weight is 300 g/mol. The molecule has 0 fully saturated rings. The third kappa shape index (κ3) is 5.01. The number of nitrogens with one attached hydrogen (secondary N) is 2. The van der Waals surface area contributed by atoms with Crippen molar-refractivity contribution in [3.63, 3.8) is 0 Å². The Morgan fingerprint density at radius 3 is 2.50 bits per heavy atom. The van der Waals surface area contributed by atoms with Crippen LogP contribution in [0.5, 0.6) is 11.5 Å². The van der Waals surface area contributed by atoms with E-state index in [9.17, 15) is 4.79 Å². The van der Waals surface area contributed by atoms with Crippen molar-refractivity contribution in [3.8, 4) is 11.5 Å². The molecule has 0 atom stereocenters. The Morgan fingerprint density at radius 2 is 1.73 bits per heavy atom. The van der Waals surface area contributed by atoms with Gasteiger partial charge in [-0.25, -0.2) is 4.79 Å². The van der Waals surface area contributed by atoms with Gasteiger partial charge in [0, 0.05) is 0 Å². The second kappa shape index (κ2) is 8.56. The SMILES string of the molecule is CCOc1ccccc1NC(=O)NCCOc1ccccc1. The van der Waals surface area contributed by atoms with Crippen LogP contribution < -0.4 is 20.1 Å². The van der Waals surface area contributed by atoms with E-state index in [-0.39, 0.29) is 6.03 Å². The van der Waals surface area contributed by atoms with E-state index in [1.807, 2.05) is 55.5 Å². The van der Waals surface area contributed by atoms with Crippen LogP contribution in [0.3, 0.4) is 0 Å². The molecule has 116 valence electrons. The van der Waals surface area contributed by atoms with Crippen molar-refractivity contribution in [1.29, 1.82) is 0 Å². The molecular formula is C17H20N2O3. The fraction of sp³-hybridized carbons (Fsp3) is 0.235. The zero-order valence-corrected chi connectivity index (χ0v) is 12.5. The zero-order valence-electron chi connectivity index (χ0n) is 12.5. The molecule has 2 rings (SSSR count). The Bertz CT molecular complexity index is 587. The van der Waals surface area contributed by atoms with Crippen LogP contribution in [0.4, 0.5) is 10.5 Å². The van der Waals surface area contributed by atoms with Crippen LogP contribution >= 0.6 is 0 Å². The minimum absolute atomic E-state index is 0.288. The quantitative estimate of drug-likeness (QED) is 0.771. The Balaban J connectivity index is 1.74. The molecular weight excluding hydrogens is 280 g/mol. The number of ether oxygens (including phenoxy) is 2. The van der Waals surface area contributed by atoms with Crippen molar-refractivity contribution < 1.29 is 14.3 Å². The lowest BCUT2D eigenvalue weighted by atomic mass is 10.3. The lowest BCUT2D eigenvalue weighted by Gasteiger charge is -2.12. The normalized spacial score (nSPS) is 9.86. The smallest absolute Gasteiger partial charge is 0.319 e. The van der Waals surface area contributed by atoms with E-state index in [1.54, 1.807) is 6.07 Å². The molecule has 5 nitrogen and oxygen atoms in total. The highest BCUT2D eigenvalue weighted by molar-refractivity contribution is 5.90. The molecule has 0 saturated heterocycles. The van der Waals surface area contributed by atoms with E-state index in [0.29, 0.717) is 31.2 Å². The van der Waals surface area contributed by atoms with E-state index in [2.05, 4.69) is 10.6 Å². The predicted molar refractivity (Wildman–Crippen MR) is 86.6 cm³/mol. The Labute approximate surface area is 130 Å². The molecule has 0 aliphatic rings. The Morgan fingerprint density at radius 1 is 1.00 bits per heavy atom. The molecule has 0 heterocycles. The Hall–Kier alpha value is -2.69. The number of benzene rings is 2. The largest absolute Gasteiger partial charge is 0.492 e. The van der Waals surface area contributed by atoms with Crippen molar-refractivity contribution in [2.24, 2.45) is 0 Å². The van der Waals surface area contributed by atoms with Crippen LogP contribution in [-0.4, -0.2) is 25.8 Å². The van der Waals surface area contributed by atoms with Crippen molar-refractivity contribution >= 4 is 11.7 Å². The summed E-state index contributed by atoms with van der Waals surface area (Å²) in [5.41, 5.74) is 0.644. The maximum Gasteiger partial charge on any atom is 0.319 e. The monoisotopic (exact) mass is 300 g/mol.